The number of imide groups is 1. The van der Waals surface area contributed by atoms with Crippen LogP contribution in [0, 0.1) is 11.8 Å². The lowest BCUT2D eigenvalue weighted by molar-refractivity contribution is -0.136. The Kier molecular flexibility index (Phi) is 6.05. The van der Waals surface area contributed by atoms with Crippen molar-refractivity contribution in [3.05, 3.63) is 35.9 Å². The van der Waals surface area contributed by atoms with Crippen molar-refractivity contribution >= 4 is 17.8 Å². The van der Waals surface area contributed by atoms with E-state index in [9.17, 15) is 14.4 Å². The molecule has 1 heterocycles. The Bertz CT molecular complexity index is 672. The van der Waals surface area contributed by atoms with E-state index >= 15 is 0 Å². The van der Waals surface area contributed by atoms with E-state index in [1.807, 2.05) is 65.0 Å². The summed E-state index contributed by atoms with van der Waals surface area (Å²) in [4.78, 5) is 39.0. The fraction of sp³-hybridized carbons (Fsp3) is 0.550. The van der Waals surface area contributed by atoms with Crippen molar-refractivity contribution < 1.29 is 14.4 Å². The van der Waals surface area contributed by atoms with E-state index in [1.54, 1.807) is 0 Å². The van der Waals surface area contributed by atoms with E-state index in [-0.39, 0.29) is 36.2 Å². The maximum atomic E-state index is 13.2. The summed E-state index contributed by atoms with van der Waals surface area (Å²) >= 11 is 0. The van der Waals surface area contributed by atoms with Gasteiger partial charge in [-0.15, -0.1) is 0 Å². The van der Waals surface area contributed by atoms with Crippen LogP contribution < -0.4 is 10.6 Å². The number of amides is 4. The summed E-state index contributed by atoms with van der Waals surface area (Å²) in [5, 5.41) is 5.70. The van der Waals surface area contributed by atoms with Gasteiger partial charge in [-0.2, -0.15) is 0 Å². The van der Waals surface area contributed by atoms with Gasteiger partial charge in [0.1, 0.15) is 12.1 Å². The Hall–Kier alpha value is -2.37. The van der Waals surface area contributed by atoms with Crippen molar-refractivity contribution in [2.45, 2.75) is 52.6 Å². The Labute approximate surface area is 155 Å². The van der Waals surface area contributed by atoms with Crippen LogP contribution in [0.2, 0.25) is 0 Å². The normalized spacial score (nSPS) is 21.3. The van der Waals surface area contributed by atoms with Crippen molar-refractivity contribution in [2.75, 3.05) is 6.54 Å². The fourth-order valence-corrected chi connectivity index (χ4v) is 3.17. The maximum absolute atomic E-state index is 13.2. The second-order valence-electron chi connectivity index (χ2n) is 7.79. The summed E-state index contributed by atoms with van der Waals surface area (Å²) in [6, 6.07) is 8.68. The second kappa shape index (κ2) is 7.89. The minimum atomic E-state index is -1.11. The molecule has 6 nitrogen and oxygen atoms in total. The number of hydrogen-bond acceptors (Lipinski definition) is 3. The third kappa shape index (κ3) is 4.06. The number of benzene rings is 1. The molecular formula is C20H29N3O3. The Morgan fingerprint density at radius 1 is 1.12 bits per heavy atom. The predicted octanol–water partition coefficient (Wildman–Crippen LogP) is 2.64. The SMILES string of the molecule is CC(C)CC1(c2ccccc2)NC(=O)N(CC(=O)NC(C)C(C)C)C1=O. The molecule has 4 amide bonds. The van der Waals surface area contributed by atoms with E-state index in [0.29, 0.717) is 6.42 Å². The van der Waals surface area contributed by atoms with Crippen LogP contribution in [-0.2, 0) is 15.1 Å². The summed E-state index contributed by atoms with van der Waals surface area (Å²) in [5.41, 5.74) is -0.373. The summed E-state index contributed by atoms with van der Waals surface area (Å²) in [5.74, 6) is -0.238. The Balaban J connectivity index is 2.25. The smallest absolute Gasteiger partial charge is 0.325 e. The van der Waals surface area contributed by atoms with Crippen LogP contribution in [-0.4, -0.2) is 35.3 Å². The zero-order chi connectivity index (χ0) is 19.5. The summed E-state index contributed by atoms with van der Waals surface area (Å²) < 4.78 is 0. The lowest BCUT2D eigenvalue weighted by Gasteiger charge is -2.29. The average Bonchev–Trinajstić information content (AvgIpc) is 2.80. The van der Waals surface area contributed by atoms with Crippen molar-refractivity contribution in [1.29, 1.82) is 0 Å². The van der Waals surface area contributed by atoms with Gasteiger partial charge in [-0.25, -0.2) is 4.79 Å². The largest absolute Gasteiger partial charge is 0.352 e. The summed E-state index contributed by atoms with van der Waals surface area (Å²) in [6.07, 6.45) is 0.474. The lowest BCUT2D eigenvalue weighted by Crippen LogP contribution is -2.47. The lowest BCUT2D eigenvalue weighted by atomic mass is 9.82. The van der Waals surface area contributed by atoms with Crippen LogP contribution in [0.5, 0.6) is 0 Å². The van der Waals surface area contributed by atoms with Crippen LogP contribution in [0.1, 0.15) is 46.6 Å². The number of hydrogen-bond donors (Lipinski definition) is 2. The summed E-state index contributed by atoms with van der Waals surface area (Å²) in [7, 11) is 0. The number of nitrogens with zero attached hydrogens (tertiary/aromatic N) is 1. The number of carbonyl (C=O) groups excluding carboxylic acids is 3. The molecule has 2 atom stereocenters. The minimum Gasteiger partial charge on any atom is -0.352 e. The molecule has 0 bridgehead atoms. The maximum Gasteiger partial charge on any atom is 0.325 e. The molecular weight excluding hydrogens is 330 g/mol. The molecule has 1 saturated heterocycles. The molecule has 0 spiro atoms. The number of nitrogens with one attached hydrogen (secondary N) is 2. The third-order valence-electron chi connectivity index (χ3n) is 4.85. The third-order valence-corrected chi connectivity index (χ3v) is 4.85. The Morgan fingerprint density at radius 3 is 2.27 bits per heavy atom. The van der Waals surface area contributed by atoms with E-state index < -0.39 is 11.6 Å². The number of rotatable bonds is 7. The van der Waals surface area contributed by atoms with Crippen LogP contribution in [0.4, 0.5) is 4.79 Å². The van der Waals surface area contributed by atoms with Gasteiger partial charge in [0.15, 0.2) is 0 Å². The van der Waals surface area contributed by atoms with E-state index in [2.05, 4.69) is 10.6 Å². The van der Waals surface area contributed by atoms with Gasteiger partial charge in [0.25, 0.3) is 5.91 Å². The van der Waals surface area contributed by atoms with Crippen molar-refractivity contribution in [3.63, 3.8) is 0 Å². The average molecular weight is 359 g/mol. The van der Waals surface area contributed by atoms with Crippen molar-refractivity contribution in [2.24, 2.45) is 11.8 Å². The quantitative estimate of drug-likeness (QED) is 0.735. The second-order valence-corrected chi connectivity index (χ2v) is 7.79. The predicted molar refractivity (Wildman–Crippen MR) is 100 cm³/mol. The molecule has 1 fully saturated rings. The standard InChI is InChI=1S/C20H29N3O3/c1-13(2)11-20(16-9-7-6-8-10-16)18(25)23(19(26)22-20)12-17(24)21-15(5)14(3)4/h6-10,13-15H,11-12H2,1-5H3,(H,21,24)(H,22,26). The molecule has 1 aromatic carbocycles. The highest BCUT2D eigenvalue weighted by Crippen LogP contribution is 2.35. The number of urea groups is 1. The highest BCUT2D eigenvalue weighted by atomic mass is 16.2. The molecule has 0 aliphatic carbocycles. The summed E-state index contributed by atoms with van der Waals surface area (Å²) in [6.45, 7) is 9.65. The molecule has 2 rings (SSSR count). The van der Waals surface area contributed by atoms with Gasteiger partial charge in [-0.05, 0) is 30.7 Å². The van der Waals surface area contributed by atoms with Gasteiger partial charge in [0.05, 0.1) is 0 Å². The highest BCUT2D eigenvalue weighted by molar-refractivity contribution is 6.09. The van der Waals surface area contributed by atoms with E-state index in [4.69, 9.17) is 0 Å². The van der Waals surface area contributed by atoms with Gasteiger partial charge >= 0.3 is 6.03 Å². The van der Waals surface area contributed by atoms with Gasteiger partial charge < -0.3 is 10.6 Å². The zero-order valence-electron chi connectivity index (χ0n) is 16.2. The zero-order valence-corrected chi connectivity index (χ0v) is 16.2. The molecule has 0 aromatic heterocycles. The van der Waals surface area contributed by atoms with Crippen LogP contribution >= 0.6 is 0 Å². The molecule has 0 radical (unpaired) electrons. The molecule has 26 heavy (non-hydrogen) atoms. The Morgan fingerprint density at radius 2 is 1.73 bits per heavy atom. The molecule has 2 unspecified atom stereocenters. The van der Waals surface area contributed by atoms with Crippen LogP contribution in [0.15, 0.2) is 30.3 Å². The molecule has 1 aliphatic heterocycles. The van der Waals surface area contributed by atoms with Crippen molar-refractivity contribution in [1.82, 2.24) is 15.5 Å². The van der Waals surface area contributed by atoms with E-state index in [0.717, 1.165) is 10.5 Å². The van der Waals surface area contributed by atoms with E-state index in [1.165, 1.54) is 0 Å². The minimum absolute atomic E-state index is 0.0298. The van der Waals surface area contributed by atoms with Gasteiger partial charge in [0, 0.05) is 6.04 Å². The van der Waals surface area contributed by atoms with Crippen LogP contribution in [0.25, 0.3) is 0 Å². The first-order valence-corrected chi connectivity index (χ1v) is 9.16. The first-order valence-electron chi connectivity index (χ1n) is 9.16. The first kappa shape index (κ1) is 19.9. The molecule has 2 N–H and O–H groups in total. The highest BCUT2D eigenvalue weighted by Gasteiger charge is 2.52. The fourth-order valence-electron chi connectivity index (χ4n) is 3.17. The monoisotopic (exact) mass is 359 g/mol. The molecule has 1 aromatic rings. The first-order chi connectivity index (χ1) is 12.2. The molecule has 1 aliphatic rings. The van der Waals surface area contributed by atoms with Crippen LogP contribution in [0.3, 0.4) is 0 Å². The topological polar surface area (TPSA) is 78.5 Å². The van der Waals surface area contributed by atoms with Gasteiger partial charge in [-0.1, -0.05) is 58.0 Å². The molecule has 6 heteroatoms. The molecule has 0 saturated carbocycles. The van der Waals surface area contributed by atoms with Crippen molar-refractivity contribution in [3.8, 4) is 0 Å². The number of carbonyl (C=O) groups is 3. The van der Waals surface area contributed by atoms with Gasteiger partial charge in [-0.3, -0.25) is 14.5 Å². The molecule has 142 valence electrons. The van der Waals surface area contributed by atoms with Gasteiger partial charge in [0.2, 0.25) is 5.91 Å².